The molecule has 1 fully saturated rings. The summed E-state index contributed by atoms with van der Waals surface area (Å²) in [4.78, 5) is 8.53. The molecule has 1 aliphatic carbocycles. The maximum Gasteiger partial charge on any atom is 0.214 e. The summed E-state index contributed by atoms with van der Waals surface area (Å²) in [5.41, 5.74) is 0.934. The Labute approximate surface area is 155 Å². The van der Waals surface area contributed by atoms with E-state index in [1.54, 1.807) is 7.05 Å². The van der Waals surface area contributed by atoms with Gasteiger partial charge in [-0.25, -0.2) is 4.98 Å². The highest BCUT2D eigenvalue weighted by Gasteiger charge is 2.14. The van der Waals surface area contributed by atoms with Gasteiger partial charge >= 0.3 is 0 Å². The fraction of sp³-hybridized carbons (Fsp3) is 0.750. The van der Waals surface area contributed by atoms with E-state index < -0.39 is 0 Å². The second kappa shape index (κ2) is 10.9. The number of aryl methyl sites for hydroxylation is 2. The monoisotopic (exact) mass is 436 g/mol. The predicted octanol–water partition coefficient (Wildman–Crippen LogP) is 2.92. The van der Waals surface area contributed by atoms with Crippen molar-refractivity contribution in [3.05, 3.63) is 17.3 Å². The summed E-state index contributed by atoms with van der Waals surface area (Å²) in [7, 11) is 1.76. The number of nitrogens with one attached hydrogen (secondary N) is 2. The van der Waals surface area contributed by atoms with Crippen LogP contribution in [0, 0.1) is 13.8 Å². The van der Waals surface area contributed by atoms with Crippen LogP contribution in [0.5, 0.6) is 0 Å². The molecule has 0 unspecified atom stereocenters. The number of oxazole rings is 1. The standard InChI is InChI=1S/C16H28N4O2.HI/c1-12-13(2)22-15(20-12)11-19-16(17-3)18-9-6-10-21-14-7-4-5-8-14;/h14H,4-11H2,1-3H3,(H2,17,18,19);1H. The van der Waals surface area contributed by atoms with Gasteiger partial charge in [-0.05, 0) is 33.1 Å². The molecule has 132 valence electrons. The van der Waals surface area contributed by atoms with Gasteiger partial charge in [0.1, 0.15) is 5.76 Å². The second-order valence-electron chi connectivity index (χ2n) is 5.73. The van der Waals surface area contributed by atoms with Crippen molar-refractivity contribution in [2.75, 3.05) is 20.2 Å². The molecular weight excluding hydrogens is 407 g/mol. The number of hydrogen-bond donors (Lipinski definition) is 2. The fourth-order valence-corrected chi connectivity index (χ4v) is 2.58. The topological polar surface area (TPSA) is 71.7 Å². The highest BCUT2D eigenvalue weighted by molar-refractivity contribution is 14.0. The summed E-state index contributed by atoms with van der Waals surface area (Å²) in [5.74, 6) is 2.31. The number of rotatable bonds is 7. The maximum absolute atomic E-state index is 5.84. The van der Waals surface area contributed by atoms with Crippen molar-refractivity contribution >= 4 is 29.9 Å². The highest BCUT2D eigenvalue weighted by atomic mass is 127. The zero-order valence-electron chi connectivity index (χ0n) is 14.4. The molecule has 0 aliphatic heterocycles. The lowest BCUT2D eigenvalue weighted by Crippen LogP contribution is -2.37. The smallest absolute Gasteiger partial charge is 0.214 e. The van der Waals surface area contributed by atoms with E-state index in [2.05, 4.69) is 20.6 Å². The Bertz CT molecular complexity index is 465. The minimum atomic E-state index is 0. The Hall–Kier alpha value is -0.830. The van der Waals surface area contributed by atoms with Crippen LogP contribution in [0.4, 0.5) is 0 Å². The summed E-state index contributed by atoms with van der Waals surface area (Å²) < 4.78 is 11.4. The molecule has 2 N–H and O–H groups in total. The molecule has 0 saturated heterocycles. The second-order valence-corrected chi connectivity index (χ2v) is 5.73. The van der Waals surface area contributed by atoms with E-state index in [9.17, 15) is 0 Å². The highest BCUT2D eigenvalue weighted by Crippen LogP contribution is 2.20. The molecule has 0 bridgehead atoms. The number of aliphatic imine (C=N–C) groups is 1. The summed E-state index contributed by atoms with van der Waals surface area (Å²) in [6, 6.07) is 0. The molecule has 0 radical (unpaired) electrons. The van der Waals surface area contributed by atoms with Gasteiger partial charge in [-0.3, -0.25) is 4.99 Å². The van der Waals surface area contributed by atoms with E-state index in [1.165, 1.54) is 25.7 Å². The van der Waals surface area contributed by atoms with E-state index in [4.69, 9.17) is 9.15 Å². The van der Waals surface area contributed by atoms with Gasteiger partial charge < -0.3 is 19.8 Å². The minimum Gasteiger partial charge on any atom is -0.444 e. The SMILES string of the molecule is CN=C(NCCCOC1CCCC1)NCc1nc(C)c(C)o1.I. The molecule has 1 saturated carbocycles. The predicted molar refractivity (Wildman–Crippen MR) is 102 cm³/mol. The Morgan fingerprint density at radius 3 is 2.65 bits per heavy atom. The van der Waals surface area contributed by atoms with E-state index in [0.717, 1.165) is 37.0 Å². The summed E-state index contributed by atoms with van der Waals surface area (Å²) in [6.07, 6.45) is 6.57. The average molecular weight is 436 g/mol. The number of halogens is 1. The van der Waals surface area contributed by atoms with Crippen LogP contribution in [0.15, 0.2) is 9.41 Å². The van der Waals surface area contributed by atoms with Crippen LogP contribution in [-0.4, -0.2) is 37.2 Å². The molecule has 1 aromatic heterocycles. The Morgan fingerprint density at radius 2 is 2.04 bits per heavy atom. The first-order chi connectivity index (χ1) is 10.7. The van der Waals surface area contributed by atoms with Crippen molar-refractivity contribution < 1.29 is 9.15 Å². The van der Waals surface area contributed by atoms with E-state index in [-0.39, 0.29) is 24.0 Å². The van der Waals surface area contributed by atoms with Gasteiger partial charge in [-0.15, -0.1) is 24.0 Å². The van der Waals surface area contributed by atoms with E-state index >= 15 is 0 Å². The van der Waals surface area contributed by atoms with Crippen molar-refractivity contribution in [2.45, 2.75) is 58.6 Å². The molecule has 0 aromatic carbocycles. The van der Waals surface area contributed by atoms with Crippen molar-refractivity contribution in [1.82, 2.24) is 15.6 Å². The number of hydrogen-bond acceptors (Lipinski definition) is 4. The third kappa shape index (κ3) is 7.07. The quantitative estimate of drug-likeness (QED) is 0.298. The van der Waals surface area contributed by atoms with Crippen LogP contribution in [0.25, 0.3) is 0 Å². The summed E-state index contributed by atoms with van der Waals surface area (Å²) in [6.45, 7) is 6.05. The van der Waals surface area contributed by atoms with Gasteiger partial charge in [0.2, 0.25) is 5.89 Å². The van der Waals surface area contributed by atoms with Gasteiger partial charge in [0.25, 0.3) is 0 Å². The van der Waals surface area contributed by atoms with Gasteiger partial charge in [0.15, 0.2) is 5.96 Å². The summed E-state index contributed by atoms with van der Waals surface area (Å²) >= 11 is 0. The number of nitrogens with zero attached hydrogens (tertiary/aromatic N) is 2. The molecule has 23 heavy (non-hydrogen) atoms. The third-order valence-corrected chi connectivity index (χ3v) is 3.97. The zero-order chi connectivity index (χ0) is 15.8. The molecule has 7 heteroatoms. The lowest BCUT2D eigenvalue weighted by atomic mass is 10.3. The third-order valence-electron chi connectivity index (χ3n) is 3.97. The first kappa shape index (κ1) is 20.2. The fourth-order valence-electron chi connectivity index (χ4n) is 2.58. The molecule has 1 aliphatic rings. The molecule has 0 atom stereocenters. The van der Waals surface area contributed by atoms with Crippen LogP contribution in [0.3, 0.4) is 0 Å². The number of guanidine groups is 1. The van der Waals surface area contributed by atoms with Crippen LogP contribution >= 0.6 is 24.0 Å². The molecule has 2 rings (SSSR count). The Morgan fingerprint density at radius 1 is 1.30 bits per heavy atom. The lowest BCUT2D eigenvalue weighted by molar-refractivity contribution is 0.0574. The van der Waals surface area contributed by atoms with Gasteiger partial charge in [0.05, 0.1) is 18.3 Å². The number of aromatic nitrogens is 1. The van der Waals surface area contributed by atoms with Crippen molar-refractivity contribution in [3.63, 3.8) is 0 Å². The zero-order valence-corrected chi connectivity index (χ0v) is 16.7. The Kier molecular flexibility index (Phi) is 9.54. The van der Waals surface area contributed by atoms with Crippen LogP contribution in [0.2, 0.25) is 0 Å². The van der Waals surface area contributed by atoms with Crippen LogP contribution < -0.4 is 10.6 Å². The van der Waals surface area contributed by atoms with Gasteiger partial charge in [0, 0.05) is 20.2 Å². The van der Waals surface area contributed by atoms with Crippen molar-refractivity contribution in [1.29, 1.82) is 0 Å². The largest absolute Gasteiger partial charge is 0.444 e. The maximum atomic E-state index is 5.84. The molecule has 0 amide bonds. The van der Waals surface area contributed by atoms with Crippen LogP contribution in [0.1, 0.15) is 49.4 Å². The van der Waals surface area contributed by atoms with Gasteiger partial charge in [-0.2, -0.15) is 0 Å². The normalized spacial score (nSPS) is 15.5. The van der Waals surface area contributed by atoms with Gasteiger partial charge in [-0.1, -0.05) is 12.8 Å². The van der Waals surface area contributed by atoms with Crippen molar-refractivity contribution in [2.24, 2.45) is 4.99 Å². The molecule has 6 nitrogen and oxygen atoms in total. The Balaban J connectivity index is 0.00000264. The number of ether oxygens (including phenoxy) is 1. The average Bonchev–Trinajstić information content (AvgIpc) is 3.12. The minimum absolute atomic E-state index is 0. The van der Waals surface area contributed by atoms with Crippen molar-refractivity contribution in [3.8, 4) is 0 Å². The van der Waals surface area contributed by atoms with E-state index in [0.29, 0.717) is 18.5 Å². The van der Waals surface area contributed by atoms with Crippen LogP contribution in [-0.2, 0) is 11.3 Å². The first-order valence-corrected chi connectivity index (χ1v) is 8.18. The molecular formula is C16H29IN4O2. The molecule has 1 aromatic rings. The summed E-state index contributed by atoms with van der Waals surface area (Å²) in [5, 5.41) is 6.48. The van der Waals surface area contributed by atoms with E-state index in [1.807, 2.05) is 13.8 Å². The molecule has 1 heterocycles. The lowest BCUT2D eigenvalue weighted by Gasteiger charge is -2.13. The molecule has 0 spiro atoms. The first-order valence-electron chi connectivity index (χ1n) is 8.18.